The molecule has 3 rings (SSSR count). The van der Waals surface area contributed by atoms with Gasteiger partial charge in [-0.25, -0.2) is 4.79 Å². The van der Waals surface area contributed by atoms with Crippen LogP contribution in [0.3, 0.4) is 0 Å². The highest BCUT2D eigenvalue weighted by Gasteiger charge is 2.23. The largest absolute Gasteiger partial charge is 0.360 e. The smallest absolute Gasteiger partial charge is 0.349 e. The van der Waals surface area contributed by atoms with Crippen LogP contribution in [0.1, 0.15) is 37.3 Å². The Labute approximate surface area is 168 Å². The van der Waals surface area contributed by atoms with Crippen LogP contribution >= 0.6 is 11.8 Å². The summed E-state index contributed by atoms with van der Waals surface area (Å²) < 4.78 is 6.79. The van der Waals surface area contributed by atoms with Crippen LogP contribution in [-0.4, -0.2) is 46.0 Å². The second kappa shape index (κ2) is 9.38. The van der Waals surface area contributed by atoms with E-state index in [-0.39, 0.29) is 17.3 Å². The first kappa shape index (κ1) is 20.6. The summed E-state index contributed by atoms with van der Waals surface area (Å²) in [6.45, 7) is 9.81. The maximum atomic E-state index is 12.6. The number of hydrogen-bond acceptors (Lipinski definition) is 6. The third-order valence-corrected chi connectivity index (χ3v) is 6.14. The lowest BCUT2D eigenvalue weighted by atomic mass is 10.2. The quantitative estimate of drug-likeness (QED) is 0.470. The van der Waals surface area contributed by atoms with Crippen LogP contribution in [0.25, 0.3) is 0 Å². The van der Waals surface area contributed by atoms with Gasteiger partial charge in [-0.2, -0.15) is 4.98 Å². The second-order valence-corrected chi connectivity index (χ2v) is 7.96. The number of aryl methyl sites for hydroxylation is 1. The minimum Gasteiger partial charge on any atom is -0.360 e. The molecule has 0 unspecified atom stereocenters. The average Bonchev–Trinajstić information content (AvgIpc) is 3.31. The van der Waals surface area contributed by atoms with Gasteiger partial charge in [0.1, 0.15) is 10.8 Å². The number of fused-ring (bicyclic) bond motifs is 1. The normalized spacial score (nSPS) is 13.1. The van der Waals surface area contributed by atoms with E-state index in [1.807, 2.05) is 4.57 Å². The Morgan fingerprint density at radius 2 is 2.14 bits per heavy atom. The van der Waals surface area contributed by atoms with Gasteiger partial charge in [-0.05, 0) is 40.0 Å². The van der Waals surface area contributed by atoms with E-state index >= 15 is 0 Å². The molecule has 0 radical (unpaired) electrons. The molecule has 2 N–H and O–H groups in total. The maximum Gasteiger partial charge on any atom is 0.349 e. The van der Waals surface area contributed by atoms with Crippen molar-refractivity contribution in [2.75, 3.05) is 30.7 Å². The summed E-state index contributed by atoms with van der Waals surface area (Å²) in [5, 5.41) is 7.14. The number of amides is 1. The van der Waals surface area contributed by atoms with Crippen molar-refractivity contribution in [3.05, 3.63) is 33.6 Å². The van der Waals surface area contributed by atoms with Crippen LogP contribution in [0.5, 0.6) is 0 Å². The van der Waals surface area contributed by atoms with E-state index in [0.29, 0.717) is 23.1 Å². The van der Waals surface area contributed by atoms with Crippen molar-refractivity contribution < 1.29 is 14.2 Å². The fourth-order valence-corrected chi connectivity index (χ4v) is 4.42. The molecule has 28 heavy (non-hydrogen) atoms. The summed E-state index contributed by atoms with van der Waals surface area (Å²) in [7, 11) is 0. The number of hydrogen-bond donors (Lipinski definition) is 2. The van der Waals surface area contributed by atoms with E-state index in [1.54, 1.807) is 13.0 Å². The van der Waals surface area contributed by atoms with E-state index in [2.05, 4.69) is 29.3 Å². The van der Waals surface area contributed by atoms with Crippen molar-refractivity contribution >= 4 is 23.5 Å². The van der Waals surface area contributed by atoms with Gasteiger partial charge in [0.15, 0.2) is 5.82 Å². The molecule has 2 aromatic heterocycles. The first-order chi connectivity index (χ1) is 13.5. The van der Waals surface area contributed by atoms with E-state index in [1.165, 1.54) is 16.7 Å². The summed E-state index contributed by atoms with van der Waals surface area (Å²) in [5.41, 5.74) is 2.02. The number of anilines is 1. The fourth-order valence-electron chi connectivity index (χ4n) is 3.55. The Morgan fingerprint density at radius 1 is 1.36 bits per heavy atom. The lowest BCUT2D eigenvalue weighted by molar-refractivity contribution is -0.897. The number of likely N-dealkylation sites (N-methyl/N-ethyl adjacent to an activating group) is 1. The molecule has 0 fully saturated rings. The maximum absolute atomic E-state index is 12.6. The number of nitrogens with zero attached hydrogens (tertiary/aromatic N) is 3. The molecule has 0 saturated carbocycles. The Hall–Kier alpha value is -2.13. The molecule has 1 amide bonds. The number of carbonyl (C=O) groups is 1. The molecule has 0 spiro atoms. The van der Waals surface area contributed by atoms with Gasteiger partial charge < -0.3 is 14.7 Å². The Morgan fingerprint density at radius 3 is 2.82 bits per heavy atom. The molecule has 0 aromatic carbocycles. The fraction of sp³-hybridized carbons (Fsp3) is 0.579. The highest BCUT2D eigenvalue weighted by molar-refractivity contribution is 8.00. The number of quaternary nitrogens is 1. The van der Waals surface area contributed by atoms with E-state index in [9.17, 15) is 9.59 Å². The Kier molecular flexibility index (Phi) is 6.90. The number of rotatable bonds is 9. The highest BCUT2D eigenvalue weighted by atomic mass is 32.2. The predicted molar refractivity (Wildman–Crippen MR) is 108 cm³/mol. The molecule has 0 aliphatic heterocycles. The first-order valence-electron chi connectivity index (χ1n) is 9.83. The van der Waals surface area contributed by atoms with Crippen molar-refractivity contribution in [1.82, 2.24) is 14.7 Å². The number of thioether (sulfide) groups is 1. The SMILES string of the molecule is CC[NH+](CC)CCn1c2c(c(SCC(=O)Nc3cc(C)on3)nc1=O)CCC2. The van der Waals surface area contributed by atoms with Gasteiger partial charge in [0.05, 0.1) is 31.9 Å². The second-order valence-electron chi connectivity index (χ2n) is 7.00. The molecule has 0 atom stereocenters. The van der Waals surface area contributed by atoms with E-state index in [4.69, 9.17) is 4.52 Å². The lowest BCUT2D eigenvalue weighted by Crippen LogP contribution is -3.11. The minimum atomic E-state index is -0.206. The van der Waals surface area contributed by atoms with Gasteiger partial charge in [-0.1, -0.05) is 16.9 Å². The molecular formula is C19H28N5O3S+. The molecule has 8 nitrogen and oxygen atoms in total. The zero-order chi connectivity index (χ0) is 20.1. The van der Waals surface area contributed by atoms with Crippen molar-refractivity contribution in [1.29, 1.82) is 0 Å². The molecule has 0 saturated heterocycles. The van der Waals surface area contributed by atoms with Crippen LogP contribution in [0.2, 0.25) is 0 Å². The molecule has 2 aromatic rings. The number of carbonyl (C=O) groups excluding carboxylic acids is 1. The van der Waals surface area contributed by atoms with Gasteiger partial charge in [0, 0.05) is 17.3 Å². The zero-order valence-electron chi connectivity index (χ0n) is 16.7. The van der Waals surface area contributed by atoms with Gasteiger partial charge in [-0.15, -0.1) is 0 Å². The van der Waals surface area contributed by atoms with Crippen molar-refractivity contribution in [2.24, 2.45) is 0 Å². The van der Waals surface area contributed by atoms with E-state index in [0.717, 1.165) is 50.2 Å². The van der Waals surface area contributed by atoms with Crippen LogP contribution in [0.4, 0.5) is 5.82 Å². The summed E-state index contributed by atoms with van der Waals surface area (Å²) in [5.74, 6) is 1.02. The summed E-state index contributed by atoms with van der Waals surface area (Å²) in [6, 6.07) is 1.66. The number of aromatic nitrogens is 3. The molecule has 9 heteroatoms. The third-order valence-electron chi connectivity index (χ3n) is 5.13. The van der Waals surface area contributed by atoms with Crippen molar-refractivity contribution in [3.63, 3.8) is 0 Å². The van der Waals surface area contributed by atoms with Crippen LogP contribution < -0.4 is 15.9 Å². The summed E-state index contributed by atoms with van der Waals surface area (Å²) in [4.78, 5) is 30.6. The topological polar surface area (TPSA) is 94.5 Å². The molecular weight excluding hydrogens is 378 g/mol. The monoisotopic (exact) mass is 406 g/mol. The molecule has 0 bridgehead atoms. The van der Waals surface area contributed by atoms with Crippen LogP contribution in [0.15, 0.2) is 20.4 Å². The molecule has 152 valence electrons. The Balaban J connectivity index is 1.69. The standard InChI is InChI=1S/C19H27N5O3S/c1-4-23(5-2)9-10-24-15-8-6-7-14(15)18(21-19(24)26)28-12-17(25)20-16-11-13(3)27-22-16/h11H,4-10,12H2,1-3H3,(H,20,22,25)/p+1. The van der Waals surface area contributed by atoms with Gasteiger partial charge in [0.2, 0.25) is 5.91 Å². The van der Waals surface area contributed by atoms with Crippen LogP contribution in [0, 0.1) is 6.92 Å². The van der Waals surface area contributed by atoms with Crippen molar-refractivity contribution in [3.8, 4) is 0 Å². The van der Waals surface area contributed by atoms with Crippen molar-refractivity contribution in [2.45, 2.75) is 51.6 Å². The predicted octanol–water partition coefficient (Wildman–Crippen LogP) is 0.684. The summed E-state index contributed by atoms with van der Waals surface area (Å²) >= 11 is 1.32. The Bertz CT molecular complexity index is 888. The average molecular weight is 407 g/mol. The van der Waals surface area contributed by atoms with Gasteiger partial charge in [0.25, 0.3) is 0 Å². The highest BCUT2D eigenvalue weighted by Crippen LogP contribution is 2.29. The zero-order valence-corrected chi connectivity index (χ0v) is 17.5. The van der Waals surface area contributed by atoms with Crippen LogP contribution in [-0.2, 0) is 24.2 Å². The lowest BCUT2D eigenvalue weighted by Gasteiger charge is -2.18. The number of nitrogens with one attached hydrogen (secondary N) is 2. The minimum absolute atomic E-state index is 0.179. The third kappa shape index (κ3) is 4.82. The van der Waals surface area contributed by atoms with Gasteiger partial charge in [-0.3, -0.25) is 9.36 Å². The van der Waals surface area contributed by atoms with E-state index < -0.39 is 0 Å². The molecule has 1 aliphatic rings. The summed E-state index contributed by atoms with van der Waals surface area (Å²) in [6.07, 6.45) is 2.84. The molecule has 2 heterocycles. The first-order valence-corrected chi connectivity index (χ1v) is 10.8. The molecule has 1 aliphatic carbocycles. The van der Waals surface area contributed by atoms with Gasteiger partial charge >= 0.3 is 5.69 Å².